The first-order valence-corrected chi connectivity index (χ1v) is 11.9. The molecule has 0 saturated heterocycles. The highest BCUT2D eigenvalue weighted by Gasteiger charge is 2.35. The summed E-state index contributed by atoms with van der Waals surface area (Å²) in [5, 5.41) is 1.56. The zero-order valence-electron chi connectivity index (χ0n) is 18.2. The number of aliphatic imine (C=N–C) groups is 1. The van der Waals surface area contributed by atoms with Crippen molar-refractivity contribution in [2.24, 2.45) is 4.99 Å². The van der Waals surface area contributed by atoms with Crippen molar-refractivity contribution < 1.29 is 9.53 Å². The predicted molar refractivity (Wildman–Crippen MR) is 138 cm³/mol. The maximum Gasteiger partial charge on any atom is 0.282 e. The van der Waals surface area contributed by atoms with Crippen molar-refractivity contribution in [3.63, 3.8) is 0 Å². The Hall–Kier alpha value is -3.41. The molecule has 6 heteroatoms. The molecule has 0 aliphatic carbocycles. The molecule has 0 spiro atoms. The minimum atomic E-state index is -0.191. The van der Waals surface area contributed by atoms with Crippen LogP contribution in [0.15, 0.2) is 83.5 Å². The molecule has 0 unspecified atom stereocenters. The lowest BCUT2D eigenvalue weighted by atomic mass is 10.1. The van der Waals surface area contributed by atoms with Crippen LogP contribution in [0.5, 0.6) is 5.75 Å². The van der Waals surface area contributed by atoms with Gasteiger partial charge in [-0.25, -0.2) is 4.99 Å². The lowest BCUT2D eigenvalue weighted by Crippen LogP contribution is -2.32. The van der Waals surface area contributed by atoms with E-state index >= 15 is 0 Å². The minimum absolute atomic E-state index is 0.191. The summed E-state index contributed by atoms with van der Waals surface area (Å²) in [6, 6.07) is 23.4. The second kappa shape index (κ2) is 8.85. The summed E-state index contributed by atoms with van der Waals surface area (Å²) in [5.74, 6) is 1.10. The van der Waals surface area contributed by atoms with Gasteiger partial charge in [-0.05, 0) is 55.8 Å². The van der Waals surface area contributed by atoms with Crippen molar-refractivity contribution in [3.05, 3.63) is 99.5 Å². The van der Waals surface area contributed by atoms with Crippen LogP contribution < -0.4 is 9.64 Å². The van der Waals surface area contributed by atoms with E-state index < -0.39 is 0 Å². The topological polar surface area (TPSA) is 41.9 Å². The zero-order valence-corrected chi connectivity index (χ0v) is 19.8. The van der Waals surface area contributed by atoms with E-state index in [2.05, 4.69) is 0 Å². The van der Waals surface area contributed by atoms with Crippen molar-refractivity contribution in [1.82, 2.24) is 0 Å². The number of carbonyl (C=O) groups excluding carboxylic acids is 1. The van der Waals surface area contributed by atoms with Crippen LogP contribution >= 0.6 is 22.9 Å². The van der Waals surface area contributed by atoms with Gasteiger partial charge in [0, 0.05) is 10.1 Å². The summed E-state index contributed by atoms with van der Waals surface area (Å²) < 4.78 is 6.62. The van der Waals surface area contributed by atoms with E-state index in [1.807, 2.05) is 92.7 Å². The van der Waals surface area contributed by atoms with Gasteiger partial charge in [0.2, 0.25) is 0 Å². The van der Waals surface area contributed by atoms with Crippen molar-refractivity contribution >= 4 is 56.5 Å². The number of ether oxygens (including phenoxy) is 1. The summed E-state index contributed by atoms with van der Waals surface area (Å²) in [6.45, 7) is 4.55. The average molecular weight is 473 g/mol. The first kappa shape index (κ1) is 21.4. The van der Waals surface area contributed by atoms with Gasteiger partial charge < -0.3 is 4.74 Å². The third kappa shape index (κ3) is 4.06. The number of hydrogen-bond donors (Lipinski definition) is 0. The Morgan fingerprint density at radius 1 is 1.03 bits per heavy atom. The Kier molecular flexibility index (Phi) is 5.75. The minimum Gasteiger partial charge on any atom is -0.494 e. The number of anilines is 1. The summed E-state index contributed by atoms with van der Waals surface area (Å²) in [7, 11) is 0. The SMILES string of the molecule is CCOc1ccc(N2C(=O)/C(=C\c3ccc(C)cc3)N=C2c2sc3ccccc3c2Cl)cc1. The fraction of sp³-hybridized carbons (Fsp3) is 0.111. The van der Waals surface area contributed by atoms with Gasteiger partial charge in [0.05, 0.1) is 22.2 Å². The maximum absolute atomic E-state index is 13.6. The molecule has 0 atom stereocenters. The second-order valence-electron chi connectivity index (χ2n) is 7.68. The van der Waals surface area contributed by atoms with Crippen molar-refractivity contribution in [2.75, 3.05) is 11.5 Å². The van der Waals surface area contributed by atoms with Gasteiger partial charge in [0.25, 0.3) is 5.91 Å². The Balaban J connectivity index is 1.64. The molecule has 164 valence electrons. The van der Waals surface area contributed by atoms with E-state index in [0.29, 0.717) is 28.8 Å². The number of nitrogens with zero attached hydrogens (tertiary/aromatic N) is 2. The summed E-state index contributed by atoms with van der Waals surface area (Å²) in [5.41, 5.74) is 3.16. The molecule has 1 aliphatic rings. The Labute approximate surface area is 201 Å². The molecule has 1 aliphatic heterocycles. The Morgan fingerprint density at radius 3 is 2.45 bits per heavy atom. The molecule has 0 bridgehead atoms. The molecular weight excluding hydrogens is 452 g/mol. The molecule has 2 heterocycles. The zero-order chi connectivity index (χ0) is 22.9. The van der Waals surface area contributed by atoms with Crippen LogP contribution in [-0.4, -0.2) is 18.3 Å². The van der Waals surface area contributed by atoms with E-state index in [4.69, 9.17) is 21.3 Å². The van der Waals surface area contributed by atoms with Crippen molar-refractivity contribution in [3.8, 4) is 5.75 Å². The monoisotopic (exact) mass is 472 g/mol. The normalized spacial score (nSPS) is 14.9. The smallest absolute Gasteiger partial charge is 0.282 e. The largest absolute Gasteiger partial charge is 0.494 e. The van der Waals surface area contributed by atoms with Crippen LogP contribution in [0.3, 0.4) is 0 Å². The number of benzene rings is 3. The van der Waals surface area contributed by atoms with Gasteiger partial charge in [0.1, 0.15) is 11.4 Å². The van der Waals surface area contributed by atoms with Crippen LogP contribution in [-0.2, 0) is 4.79 Å². The number of amides is 1. The van der Waals surface area contributed by atoms with E-state index in [1.165, 1.54) is 11.3 Å². The lowest BCUT2D eigenvalue weighted by molar-refractivity contribution is -0.113. The van der Waals surface area contributed by atoms with Crippen LogP contribution in [0.25, 0.3) is 16.2 Å². The molecular formula is C27H21ClN2O2S. The summed E-state index contributed by atoms with van der Waals surface area (Å²) in [6.07, 6.45) is 1.82. The maximum atomic E-state index is 13.6. The van der Waals surface area contributed by atoms with Gasteiger partial charge in [-0.15, -0.1) is 11.3 Å². The molecule has 0 radical (unpaired) electrons. The van der Waals surface area contributed by atoms with Crippen molar-refractivity contribution in [1.29, 1.82) is 0 Å². The molecule has 4 aromatic rings. The number of aryl methyl sites for hydroxylation is 1. The van der Waals surface area contributed by atoms with Crippen LogP contribution in [0.1, 0.15) is 22.9 Å². The second-order valence-corrected chi connectivity index (χ2v) is 9.11. The highest BCUT2D eigenvalue weighted by molar-refractivity contribution is 7.21. The third-order valence-electron chi connectivity index (χ3n) is 5.39. The fourth-order valence-corrected chi connectivity index (χ4v) is 5.24. The molecule has 0 fully saturated rings. The highest BCUT2D eigenvalue weighted by atomic mass is 35.5. The van der Waals surface area contributed by atoms with Gasteiger partial charge in [-0.3, -0.25) is 9.69 Å². The number of carbonyl (C=O) groups is 1. The van der Waals surface area contributed by atoms with Gasteiger partial charge in [0.15, 0.2) is 5.84 Å². The Bertz CT molecular complexity index is 1400. The van der Waals surface area contributed by atoms with E-state index in [0.717, 1.165) is 31.8 Å². The first-order chi connectivity index (χ1) is 16.0. The summed E-state index contributed by atoms with van der Waals surface area (Å²) >= 11 is 8.32. The molecule has 0 N–H and O–H groups in total. The van der Waals surface area contributed by atoms with Crippen molar-refractivity contribution in [2.45, 2.75) is 13.8 Å². The number of hydrogen-bond acceptors (Lipinski definition) is 4. The van der Waals surface area contributed by atoms with Crippen LogP contribution in [0.2, 0.25) is 5.02 Å². The molecule has 1 amide bonds. The van der Waals surface area contributed by atoms with Crippen LogP contribution in [0, 0.1) is 6.92 Å². The average Bonchev–Trinajstić information content (AvgIpc) is 3.33. The molecule has 33 heavy (non-hydrogen) atoms. The number of halogens is 1. The van der Waals surface area contributed by atoms with E-state index in [-0.39, 0.29) is 5.91 Å². The van der Waals surface area contributed by atoms with Gasteiger partial charge >= 0.3 is 0 Å². The van der Waals surface area contributed by atoms with Gasteiger partial charge in [-0.1, -0.05) is 59.6 Å². The van der Waals surface area contributed by atoms with E-state index in [9.17, 15) is 4.79 Å². The molecule has 5 rings (SSSR count). The van der Waals surface area contributed by atoms with E-state index in [1.54, 1.807) is 4.90 Å². The summed E-state index contributed by atoms with van der Waals surface area (Å²) in [4.78, 5) is 20.8. The van der Waals surface area contributed by atoms with Crippen LogP contribution in [0.4, 0.5) is 5.69 Å². The third-order valence-corrected chi connectivity index (χ3v) is 7.06. The number of fused-ring (bicyclic) bond motifs is 1. The standard InChI is InChI=1S/C27H21ClN2O2S/c1-3-32-20-14-12-19(13-15-20)30-26(25-24(28)21-6-4-5-7-23(21)33-25)29-22(27(30)31)16-18-10-8-17(2)9-11-18/h4-16H,3H2,1-2H3/b22-16+. The Morgan fingerprint density at radius 2 is 1.76 bits per heavy atom. The number of thiophene rings is 1. The fourth-order valence-electron chi connectivity index (χ4n) is 3.75. The number of rotatable bonds is 5. The molecule has 4 nitrogen and oxygen atoms in total. The molecule has 1 aromatic heterocycles. The quantitative estimate of drug-likeness (QED) is 0.291. The lowest BCUT2D eigenvalue weighted by Gasteiger charge is -2.18. The predicted octanol–water partition coefficient (Wildman–Crippen LogP) is 7.10. The number of amidine groups is 1. The molecule has 3 aromatic carbocycles. The van der Waals surface area contributed by atoms with Gasteiger partial charge in [-0.2, -0.15) is 0 Å². The first-order valence-electron chi connectivity index (χ1n) is 10.7. The molecule has 0 saturated carbocycles. The highest BCUT2D eigenvalue weighted by Crippen LogP contribution is 2.39.